The quantitative estimate of drug-likeness (QED) is 0.382. The fourth-order valence-electron chi connectivity index (χ4n) is 2.76. The van der Waals surface area contributed by atoms with Gasteiger partial charge in [0.15, 0.2) is 0 Å². The van der Waals surface area contributed by atoms with E-state index in [1.807, 2.05) is 39.0 Å². The average molecular weight is 449 g/mol. The summed E-state index contributed by atoms with van der Waals surface area (Å²) in [6.07, 6.45) is 2.67. The third-order valence-electron chi connectivity index (χ3n) is 4.05. The molecule has 0 bridgehead atoms. The molecular formula is C18H28INO2S. The molecule has 0 saturated carbocycles. The van der Waals surface area contributed by atoms with Crippen LogP contribution < -0.4 is 0 Å². The van der Waals surface area contributed by atoms with Gasteiger partial charge in [-0.25, -0.2) is 0 Å². The molecule has 23 heavy (non-hydrogen) atoms. The summed E-state index contributed by atoms with van der Waals surface area (Å²) in [5.74, 6) is 0. The van der Waals surface area contributed by atoms with E-state index < -0.39 is 11.4 Å². The van der Waals surface area contributed by atoms with Crippen molar-refractivity contribution in [3.63, 3.8) is 0 Å². The molecule has 0 aromatic heterocycles. The number of halogens is 1. The monoisotopic (exact) mass is 449 g/mol. The van der Waals surface area contributed by atoms with E-state index in [0.717, 1.165) is 13.0 Å². The molecule has 4 atom stereocenters. The lowest BCUT2D eigenvalue weighted by Crippen LogP contribution is -2.48. The van der Waals surface area contributed by atoms with E-state index in [0.29, 0.717) is 10.5 Å². The third kappa shape index (κ3) is 5.88. The molecule has 0 spiro atoms. The van der Waals surface area contributed by atoms with Gasteiger partial charge in [0.1, 0.15) is 4.75 Å². The minimum absolute atomic E-state index is 0.172. The third-order valence-corrected chi connectivity index (χ3v) is 7.48. The van der Waals surface area contributed by atoms with E-state index >= 15 is 0 Å². The number of benzene rings is 1. The molecule has 0 radical (unpaired) electrons. The molecule has 1 aliphatic rings. The van der Waals surface area contributed by atoms with E-state index in [2.05, 4.69) is 46.0 Å². The zero-order chi connectivity index (χ0) is 17.0. The van der Waals surface area contributed by atoms with Gasteiger partial charge in [0.2, 0.25) is 0 Å². The van der Waals surface area contributed by atoms with Crippen molar-refractivity contribution in [2.45, 2.75) is 68.0 Å². The molecule has 0 aliphatic carbocycles. The van der Waals surface area contributed by atoms with Gasteiger partial charge in [0, 0.05) is 15.3 Å². The predicted molar refractivity (Wildman–Crippen MR) is 106 cm³/mol. The Morgan fingerprint density at radius 2 is 1.91 bits per heavy atom. The van der Waals surface area contributed by atoms with Crippen molar-refractivity contribution in [3.8, 4) is 0 Å². The molecular weight excluding hydrogens is 421 g/mol. The zero-order valence-corrected chi connectivity index (χ0v) is 17.5. The lowest BCUT2D eigenvalue weighted by atomic mass is 10.0. The zero-order valence-electron chi connectivity index (χ0n) is 14.5. The average Bonchev–Trinajstić information content (AvgIpc) is 2.49. The molecule has 1 fully saturated rings. The Bertz CT molecular complexity index is 480. The minimum Gasteiger partial charge on any atom is -0.597 e. The largest absolute Gasteiger partial charge is 0.597 e. The van der Waals surface area contributed by atoms with Gasteiger partial charge in [-0.3, -0.25) is 0 Å². The van der Waals surface area contributed by atoms with Crippen molar-refractivity contribution in [3.05, 3.63) is 35.9 Å². The second-order valence-electron chi connectivity index (χ2n) is 7.23. The molecule has 3 unspecified atom stereocenters. The first-order chi connectivity index (χ1) is 10.8. The fourth-order valence-corrected chi connectivity index (χ4v) is 4.64. The minimum atomic E-state index is -1.05. The van der Waals surface area contributed by atoms with Crippen LogP contribution in [-0.2, 0) is 22.6 Å². The molecule has 1 aromatic rings. The van der Waals surface area contributed by atoms with E-state index in [1.54, 1.807) is 0 Å². The molecule has 0 amide bonds. The molecule has 1 heterocycles. The fraction of sp³-hybridized carbons (Fsp3) is 0.667. The highest BCUT2D eigenvalue weighted by Gasteiger charge is 2.36. The smallest absolute Gasteiger partial charge is 0.137 e. The highest BCUT2D eigenvalue weighted by molar-refractivity contribution is 14.1. The highest BCUT2D eigenvalue weighted by Crippen LogP contribution is 2.29. The van der Waals surface area contributed by atoms with Crippen LogP contribution in [0.15, 0.2) is 30.3 Å². The molecule has 1 saturated heterocycles. The summed E-state index contributed by atoms with van der Waals surface area (Å²) in [5.41, 5.74) is 1.20. The second kappa shape index (κ2) is 8.52. The first-order valence-corrected chi connectivity index (χ1v) is 10.6. The molecule has 0 N–H and O–H groups in total. The standard InChI is InChI=1S/C18H28INO2S/c1-14-17(19)11-10-16(22-14)13-20(23(21)18(2,3)4)12-15-8-6-5-7-9-15/h5-9,14,16-17H,10-13H2,1-4H3/t14?,16-,17?,23?/m0/s1. The van der Waals surface area contributed by atoms with Gasteiger partial charge in [-0.2, -0.15) is 0 Å². The maximum Gasteiger partial charge on any atom is 0.137 e. The Morgan fingerprint density at radius 3 is 2.48 bits per heavy atom. The predicted octanol–water partition coefficient (Wildman–Crippen LogP) is 4.32. The Morgan fingerprint density at radius 1 is 1.26 bits per heavy atom. The number of hydrogen-bond acceptors (Lipinski definition) is 3. The summed E-state index contributed by atoms with van der Waals surface area (Å²) in [6, 6.07) is 10.3. The normalized spacial score (nSPS) is 27.2. The van der Waals surface area contributed by atoms with Crippen molar-refractivity contribution >= 4 is 34.0 Å². The first kappa shape index (κ1) is 19.5. The summed E-state index contributed by atoms with van der Waals surface area (Å²) in [6.45, 7) is 9.68. The van der Waals surface area contributed by atoms with E-state index in [1.165, 1.54) is 12.0 Å². The van der Waals surface area contributed by atoms with Crippen molar-refractivity contribution in [1.82, 2.24) is 4.31 Å². The van der Waals surface area contributed by atoms with Crippen LogP contribution in [0.5, 0.6) is 0 Å². The van der Waals surface area contributed by atoms with E-state index in [4.69, 9.17) is 4.74 Å². The van der Waals surface area contributed by atoms with Gasteiger partial charge >= 0.3 is 0 Å². The number of alkyl halides is 1. The summed E-state index contributed by atoms with van der Waals surface area (Å²) in [7, 11) is 0. The number of ether oxygens (including phenoxy) is 1. The van der Waals surface area contributed by atoms with Crippen LogP contribution in [-0.4, -0.2) is 36.3 Å². The maximum atomic E-state index is 13.0. The first-order valence-electron chi connectivity index (χ1n) is 8.28. The second-order valence-corrected chi connectivity index (χ2v) is 11.1. The van der Waals surface area contributed by atoms with Crippen molar-refractivity contribution in [1.29, 1.82) is 0 Å². The Balaban J connectivity index is 2.07. The van der Waals surface area contributed by atoms with Crippen LogP contribution in [0.2, 0.25) is 0 Å². The van der Waals surface area contributed by atoms with Crippen LogP contribution in [0.1, 0.15) is 46.1 Å². The molecule has 3 nitrogen and oxygen atoms in total. The Kier molecular flexibility index (Phi) is 7.22. The van der Waals surface area contributed by atoms with Crippen molar-refractivity contribution in [2.24, 2.45) is 0 Å². The lowest BCUT2D eigenvalue weighted by molar-refractivity contribution is -0.0398. The molecule has 130 valence electrons. The number of rotatable bonds is 5. The topological polar surface area (TPSA) is 35.5 Å². The Labute approximate surface area is 157 Å². The molecule has 5 heteroatoms. The van der Waals surface area contributed by atoms with Gasteiger partial charge < -0.3 is 9.29 Å². The molecule has 2 rings (SSSR count). The molecule has 1 aromatic carbocycles. The SMILES string of the molecule is CC1O[C@H](CN(Cc2ccccc2)[S+]([O-])C(C)(C)C)CCC1I. The maximum absolute atomic E-state index is 13.0. The van der Waals surface area contributed by atoms with Gasteiger partial charge in [-0.15, -0.1) is 4.31 Å². The van der Waals surface area contributed by atoms with Gasteiger partial charge in [0.05, 0.1) is 25.3 Å². The van der Waals surface area contributed by atoms with Crippen LogP contribution >= 0.6 is 22.6 Å². The summed E-state index contributed by atoms with van der Waals surface area (Å²) >= 11 is 1.43. The van der Waals surface area contributed by atoms with Gasteiger partial charge in [0.25, 0.3) is 0 Å². The van der Waals surface area contributed by atoms with Crippen LogP contribution in [0.3, 0.4) is 0 Å². The summed E-state index contributed by atoms with van der Waals surface area (Å²) in [5, 5.41) is 0. The lowest BCUT2D eigenvalue weighted by Gasteiger charge is -2.37. The summed E-state index contributed by atoms with van der Waals surface area (Å²) < 4.78 is 21.5. The van der Waals surface area contributed by atoms with Crippen LogP contribution in [0.4, 0.5) is 0 Å². The van der Waals surface area contributed by atoms with Gasteiger partial charge in [-0.05, 0) is 46.1 Å². The van der Waals surface area contributed by atoms with Crippen molar-refractivity contribution in [2.75, 3.05) is 6.54 Å². The van der Waals surface area contributed by atoms with Crippen LogP contribution in [0, 0.1) is 0 Å². The Hall–Kier alpha value is 0.180. The van der Waals surface area contributed by atoms with E-state index in [9.17, 15) is 4.55 Å². The van der Waals surface area contributed by atoms with Gasteiger partial charge in [-0.1, -0.05) is 52.9 Å². The van der Waals surface area contributed by atoms with Crippen LogP contribution in [0.25, 0.3) is 0 Å². The van der Waals surface area contributed by atoms with Crippen molar-refractivity contribution < 1.29 is 9.29 Å². The number of hydrogen-bond donors (Lipinski definition) is 0. The number of nitrogens with zero attached hydrogens (tertiary/aromatic N) is 1. The highest BCUT2D eigenvalue weighted by atomic mass is 127. The summed E-state index contributed by atoms with van der Waals surface area (Å²) in [4.78, 5) is 0. The molecule has 1 aliphatic heterocycles. The van der Waals surface area contributed by atoms with E-state index in [-0.39, 0.29) is 17.0 Å².